The van der Waals surface area contributed by atoms with Crippen molar-refractivity contribution in [1.82, 2.24) is 9.62 Å². The molecule has 0 bridgehead atoms. The fraction of sp³-hybridized carbons (Fsp3) is 1.00. The fourth-order valence-electron chi connectivity index (χ4n) is 3.00. The van der Waals surface area contributed by atoms with E-state index in [4.69, 9.17) is 0 Å². The summed E-state index contributed by atoms with van der Waals surface area (Å²) in [5, 5.41) is 3.28. The van der Waals surface area contributed by atoms with Crippen LogP contribution in [0.25, 0.3) is 0 Å². The van der Waals surface area contributed by atoms with Gasteiger partial charge in [0.15, 0.2) is 0 Å². The number of hydrogen-bond acceptors (Lipinski definition) is 3. The maximum absolute atomic E-state index is 12.1. The second-order valence-corrected chi connectivity index (χ2v) is 9.27. The van der Waals surface area contributed by atoms with Crippen LogP contribution in [-0.4, -0.2) is 45.2 Å². The summed E-state index contributed by atoms with van der Waals surface area (Å²) in [5.74, 6) is 0.538. The molecule has 0 saturated heterocycles. The molecule has 0 aromatic rings. The summed E-state index contributed by atoms with van der Waals surface area (Å²) in [4.78, 5) is 0. The molecule has 0 aromatic carbocycles. The minimum Gasteiger partial charge on any atom is -0.315 e. The Balaban J connectivity index is 2.74. The monoisotopic (exact) mass is 304 g/mol. The van der Waals surface area contributed by atoms with Crippen LogP contribution in [0, 0.1) is 11.3 Å². The number of hydrogen-bond donors (Lipinski definition) is 1. The fourth-order valence-corrected chi connectivity index (χ4v) is 3.91. The Labute approximate surface area is 125 Å². The van der Waals surface area contributed by atoms with Crippen LogP contribution < -0.4 is 5.32 Å². The lowest BCUT2D eigenvalue weighted by atomic mass is 9.86. The van der Waals surface area contributed by atoms with E-state index in [0.717, 1.165) is 0 Å². The molecular weight excluding hydrogens is 272 g/mol. The molecule has 0 spiro atoms. The van der Waals surface area contributed by atoms with Crippen molar-refractivity contribution < 1.29 is 8.42 Å². The number of sulfonamides is 1. The molecule has 1 aliphatic rings. The van der Waals surface area contributed by atoms with E-state index >= 15 is 0 Å². The molecule has 4 nitrogen and oxygen atoms in total. The Kier molecular flexibility index (Phi) is 6.48. The molecule has 0 aliphatic heterocycles. The SMILES string of the molecule is CN[C@H](CN(CC1CCCCC1)S(C)(=O)=O)C(C)(C)C. The van der Waals surface area contributed by atoms with Crippen molar-refractivity contribution in [3.63, 3.8) is 0 Å². The highest BCUT2D eigenvalue weighted by atomic mass is 32.2. The van der Waals surface area contributed by atoms with Gasteiger partial charge in [-0.2, -0.15) is 0 Å². The third-order valence-electron chi connectivity index (χ3n) is 4.44. The van der Waals surface area contributed by atoms with Gasteiger partial charge in [-0.1, -0.05) is 40.0 Å². The summed E-state index contributed by atoms with van der Waals surface area (Å²) in [5.41, 5.74) is 0.0459. The highest BCUT2D eigenvalue weighted by Crippen LogP contribution is 2.26. The van der Waals surface area contributed by atoms with Crippen molar-refractivity contribution in [2.45, 2.75) is 58.9 Å². The molecule has 1 rings (SSSR count). The van der Waals surface area contributed by atoms with Gasteiger partial charge in [0.05, 0.1) is 6.26 Å². The molecule has 1 fully saturated rings. The lowest BCUT2D eigenvalue weighted by Gasteiger charge is -2.36. The first-order valence-electron chi connectivity index (χ1n) is 7.77. The second kappa shape index (κ2) is 7.23. The Hall–Kier alpha value is -0.130. The summed E-state index contributed by atoms with van der Waals surface area (Å²) >= 11 is 0. The first kappa shape index (κ1) is 17.9. The van der Waals surface area contributed by atoms with Gasteiger partial charge >= 0.3 is 0 Å². The van der Waals surface area contributed by atoms with Crippen molar-refractivity contribution in [2.75, 3.05) is 26.4 Å². The average Bonchev–Trinajstić information content (AvgIpc) is 2.32. The van der Waals surface area contributed by atoms with E-state index in [2.05, 4.69) is 26.1 Å². The third-order valence-corrected chi connectivity index (χ3v) is 5.67. The van der Waals surface area contributed by atoms with Crippen molar-refractivity contribution in [3.8, 4) is 0 Å². The summed E-state index contributed by atoms with van der Waals surface area (Å²) in [6, 6.07) is 0.167. The Morgan fingerprint density at radius 2 is 1.75 bits per heavy atom. The van der Waals surface area contributed by atoms with Crippen LogP contribution in [0.2, 0.25) is 0 Å². The van der Waals surface area contributed by atoms with Crippen LogP contribution in [0.1, 0.15) is 52.9 Å². The molecule has 0 amide bonds. The predicted octanol–water partition coefficient (Wildman–Crippen LogP) is 2.46. The van der Waals surface area contributed by atoms with Crippen LogP contribution in [0.5, 0.6) is 0 Å². The lowest BCUT2D eigenvalue weighted by molar-refractivity contribution is 0.209. The van der Waals surface area contributed by atoms with Crippen LogP contribution in [0.3, 0.4) is 0 Å². The zero-order valence-electron chi connectivity index (χ0n) is 13.8. The Bertz CT molecular complexity index is 381. The number of nitrogens with one attached hydrogen (secondary N) is 1. The maximum atomic E-state index is 12.1. The van der Waals surface area contributed by atoms with Gasteiger partial charge in [0, 0.05) is 19.1 Å². The highest BCUT2D eigenvalue weighted by Gasteiger charge is 2.30. The van der Waals surface area contributed by atoms with Gasteiger partial charge in [0.1, 0.15) is 0 Å². The molecule has 0 radical (unpaired) electrons. The standard InChI is InChI=1S/C15H32N2O2S/c1-15(2,3)14(16-4)12-17(20(5,18)19)11-13-9-7-6-8-10-13/h13-14,16H,6-12H2,1-5H3/t14-/m1/s1. The molecule has 1 aliphatic carbocycles. The van der Waals surface area contributed by atoms with Gasteiger partial charge in [0.25, 0.3) is 0 Å². The van der Waals surface area contributed by atoms with Crippen LogP contribution in [-0.2, 0) is 10.0 Å². The van der Waals surface area contributed by atoms with Crippen molar-refractivity contribution in [3.05, 3.63) is 0 Å². The molecule has 120 valence electrons. The molecule has 5 heteroatoms. The van der Waals surface area contributed by atoms with E-state index in [9.17, 15) is 8.42 Å². The Morgan fingerprint density at radius 1 is 1.20 bits per heavy atom. The van der Waals surface area contributed by atoms with E-state index < -0.39 is 10.0 Å². The molecule has 0 unspecified atom stereocenters. The molecular formula is C15H32N2O2S. The van der Waals surface area contributed by atoms with Crippen molar-refractivity contribution >= 4 is 10.0 Å². The minimum absolute atomic E-state index is 0.0459. The predicted molar refractivity (Wildman–Crippen MR) is 85.3 cm³/mol. The van der Waals surface area contributed by atoms with E-state index in [0.29, 0.717) is 19.0 Å². The third kappa shape index (κ3) is 5.70. The van der Waals surface area contributed by atoms with Gasteiger partial charge in [-0.3, -0.25) is 0 Å². The summed E-state index contributed by atoms with van der Waals surface area (Å²) in [6.07, 6.45) is 7.48. The largest absolute Gasteiger partial charge is 0.315 e. The van der Waals surface area contributed by atoms with E-state index in [1.54, 1.807) is 4.31 Å². The quantitative estimate of drug-likeness (QED) is 0.820. The summed E-state index contributed by atoms with van der Waals surface area (Å²) in [6.45, 7) is 7.70. The van der Waals surface area contributed by atoms with Gasteiger partial charge in [-0.05, 0) is 31.2 Å². The highest BCUT2D eigenvalue weighted by molar-refractivity contribution is 7.88. The van der Waals surface area contributed by atoms with E-state index in [1.807, 2.05) is 7.05 Å². The molecule has 1 N–H and O–H groups in total. The maximum Gasteiger partial charge on any atom is 0.211 e. The first-order valence-corrected chi connectivity index (χ1v) is 9.62. The van der Waals surface area contributed by atoms with E-state index in [-0.39, 0.29) is 11.5 Å². The van der Waals surface area contributed by atoms with Crippen LogP contribution in [0.15, 0.2) is 0 Å². The normalized spacial score (nSPS) is 20.3. The van der Waals surface area contributed by atoms with Gasteiger partial charge in [-0.15, -0.1) is 0 Å². The summed E-state index contributed by atoms with van der Waals surface area (Å²) < 4.78 is 25.9. The number of likely N-dealkylation sites (N-methyl/N-ethyl adjacent to an activating group) is 1. The number of nitrogens with zero attached hydrogens (tertiary/aromatic N) is 1. The molecule has 1 atom stereocenters. The van der Waals surface area contributed by atoms with Gasteiger partial charge < -0.3 is 5.32 Å². The van der Waals surface area contributed by atoms with Crippen molar-refractivity contribution in [1.29, 1.82) is 0 Å². The Morgan fingerprint density at radius 3 is 2.15 bits per heavy atom. The van der Waals surface area contributed by atoms with Crippen LogP contribution in [0.4, 0.5) is 0 Å². The van der Waals surface area contributed by atoms with E-state index in [1.165, 1.54) is 38.4 Å². The molecule has 20 heavy (non-hydrogen) atoms. The summed E-state index contributed by atoms with van der Waals surface area (Å²) in [7, 11) is -1.22. The second-order valence-electron chi connectivity index (χ2n) is 7.29. The molecule has 0 aromatic heterocycles. The zero-order chi connectivity index (χ0) is 15.4. The van der Waals surface area contributed by atoms with Gasteiger partial charge in [0.2, 0.25) is 10.0 Å². The minimum atomic E-state index is -3.14. The first-order chi connectivity index (χ1) is 9.14. The number of rotatable bonds is 6. The topological polar surface area (TPSA) is 49.4 Å². The van der Waals surface area contributed by atoms with Crippen LogP contribution >= 0.6 is 0 Å². The smallest absolute Gasteiger partial charge is 0.211 e. The lowest BCUT2D eigenvalue weighted by Crippen LogP contribution is -2.49. The molecule has 0 heterocycles. The van der Waals surface area contributed by atoms with Gasteiger partial charge in [-0.25, -0.2) is 12.7 Å². The van der Waals surface area contributed by atoms with Crippen molar-refractivity contribution in [2.24, 2.45) is 11.3 Å². The molecule has 1 saturated carbocycles. The average molecular weight is 305 g/mol. The zero-order valence-corrected chi connectivity index (χ0v) is 14.6.